The Morgan fingerprint density at radius 3 is 2.82 bits per heavy atom. The van der Waals surface area contributed by atoms with Crippen molar-refractivity contribution in [3.8, 4) is 0 Å². The van der Waals surface area contributed by atoms with Crippen molar-refractivity contribution in [1.29, 1.82) is 0 Å². The maximum atomic E-state index is 10.9. The third kappa shape index (κ3) is 1.51. The number of hydrogen-bond donors (Lipinski definition) is 0. The Hall–Kier alpha value is -0.620. The van der Waals surface area contributed by atoms with Gasteiger partial charge in [0, 0.05) is 0 Å². The van der Waals surface area contributed by atoms with Gasteiger partial charge in [-0.2, -0.15) is 4.90 Å². The average molecular weight is 191 g/mol. The van der Waals surface area contributed by atoms with Gasteiger partial charge in [-0.15, -0.1) is 0 Å². The molecule has 0 unspecified atom stereocenters. The molecule has 0 N–H and O–H groups in total. The first-order chi connectivity index (χ1) is 5.16. The van der Waals surface area contributed by atoms with Crippen molar-refractivity contribution in [2.24, 2.45) is 0 Å². The number of rotatable bonds is 0. The van der Waals surface area contributed by atoms with E-state index in [9.17, 15) is 9.59 Å². The molecule has 0 aromatic carbocycles. The van der Waals surface area contributed by atoms with Crippen molar-refractivity contribution in [1.82, 2.24) is 4.90 Å². The van der Waals surface area contributed by atoms with E-state index in [4.69, 9.17) is 12.2 Å². The van der Waals surface area contributed by atoms with Crippen LogP contribution in [0, 0.1) is 0 Å². The van der Waals surface area contributed by atoms with Crippen molar-refractivity contribution in [2.75, 3.05) is 12.9 Å². The molecule has 0 bridgehead atoms. The number of carbonyl (C=O) groups excluding carboxylic acids is 2. The Kier molecular flexibility index (Phi) is 2.45. The fourth-order valence-electron chi connectivity index (χ4n) is 0.622. The van der Waals surface area contributed by atoms with Crippen molar-refractivity contribution in [3.05, 3.63) is 0 Å². The Morgan fingerprint density at radius 1 is 1.82 bits per heavy atom. The minimum atomic E-state index is -0.704. The minimum absolute atomic E-state index is 0.230. The molecule has 1 aliphatic heterocycles. The minimum Gasteiger partial charge on any atom is -0.452 e. The number of amides is 2. The van der Waals surface area contributed by atoms with E-state index in [0.717, 1.165) is 16.7 Å². The topological polar surface area (TPSA) is 46.6 Å². The second kappa shape index (κ2) is 3.19. The first kappa shape index (κ1) is 8.48. The van der Waals surface area contributed by atoms with Crippen molar-refractivity contribution >= 4 is 40.3 Å². The lowest BCUT2D eigenvalue weighted by atomic mass is 10.6. The second-order valence-corrected chi connectivity index (χ2v) is 3.36. The highest BCUT2D eigenvalue weighted by molar-refractivity contribution is 8.24. The van der Waals surface area contributed by atoms with Gasteiger partial charge in [0.25, 0.3) is 0 Å². The molecule has 60 valence electrons. The van der Waals surface area contributed by atoms with Crippen LogP contribution in [0.5, 0.6) is 0 Å². The number of imide groups is 1. The molecule has 0 aliphatic carbocycles. The molecule has 1 fully saturated rings. The molecule has 0 radical (unpaired) electrons. The number of thiocarbonyl (C=S) groups is 1. The SMILES string of the molecule is COC(=O)N1C(=O)CSC1=S. The van der Waals surface area contributed by atoms with Crippen LogP contribution in [0.2, 0.25) is 0 Å². The van der Waals surface area contributed by atoms with Crippen LogP contribution >= 0.6 is 24.0 Å². The number of methoxy groups -OCH3 is 1. The van der Waals surface area contributed by atoms with Crippen LogP contribution in [0.1, 0.15) is 0 Å². The summed E-state index contributed by atoms with van der Waals surface area (Å²) in [5, 5.41) is 0. The zero-order valence-corrected chi connectivity index (χ0v) is 7.33. The van der Waals surface area contributed by atoms with Crippen LogP contribution in [-0.4, -0.2) is 34.1 Å². The van der Waals surface area contributed by atoms with E-state index in [1.54, 1.807) is 0 Å². The van der Waals surface area contributed by atoms with Gasteiger partial charge in [0.1, 0.15) is 0 Å². The van der Waals surface area contributed by atoms with Gasteiger partial charge < -0.3 is 4.74 Å². The fraction of sp³-hybridized carbons (Fsp3) is 0.400. The van der Waals surface area contributed by atoms with E-state index >= 15 is 0 Å². The number of ether oxygens (including phenoxy) is 1. The van der Waals surface area contributed by atoms with Gasteiger partial charge in [-0.3, -0.25) is 4.79 Å². The third-order valence-corrected chi connectivity index (χ3v) is 2.47. The second-order valence-electron chi connectivity index (χ2n) is 1.75. The van der Waals surface area contributed by atoms with Crippen molar-refractivity contribution < 1.29 is 14.3 Å². The Balaban J connectivity index is 2.76. The van der Waals surface area contributed by atoms with Crippen LogP contribution < -0.4 is 0 Å². The van der Waals surface area contributed by atoms with Crippen molar-refractivity contribution in [2.45, 2.75) is 0 Å². The molecule has 0 atom stereocenters. The lowest BCUT2D eigenvalue weighted by Gasteiger charge is -2.09. The molecular formula is C5H5NO3S2. The summed E-state index contributed by atoms with van der Waals surface area (Å²) in [4.78, 5) is 22.6. The van der Waals surface area contributed by atoms with E-state index in [2.05, 4.69) is 4.74 Å². The van der Waals surface area contributed by atoms with Gasteiger partial charge >= 0.3 is 6.09 Å². The number of carbonyl (C=O) groups is 2. The third-order valence-electron chi connectivity index (χ3n) is 1.11. The molecule has 0 spiro atoms. The number of thioether (sulfide) groups is 1. The Labute approximate surface area is 72.9 Å². The lowest BCUT2D eigenvalue weighted by Crippen LogP contribution is -2.34. The molecule has 4 nitrogen and oxygen atoms in total. The van der Waals surface area contributed by atoms with E-state index in [-0.39, 0.29) is 16.0 Å². The van der Waals surface area contributed by atoms with E-state index < -0.39 is 6.09 Å². The van der Waals surface area contributed by atoms with Crippen LogP contribution in [0.15, 0.2) is 0 Å². The van der Waals surface area contributed by atoms with Gasteiger partial charge in [-0.1, -0.05) is 24.0 Å². The molecule has 1 saturated heterocycles. The number of nitrogens with zero attached hydrogens (tertiary/aromatic N) is 1. The fourth-order valence-corrected chi connectivity index (χ4v) is 1.66. The molecule has 2 amide bonds. The lowest BCUT2D eigenvalue weighted by molar-refractivity contribution is -0.122. The summed E-state index contributed by atoms with van der Waals surface area (Å²) in [6.45, 7) is 0. The molecule has 0 saturated carbocycles. The molecule has 6 heteroatoms. The highest BCUT2D eigenvalue weighted by Gasteiger charge is 2.32. The van der Waals surface area contributed by atoms with E-state index in [0.29, 0.717) is 0 Å². The first-order valence-electron chi connectivity index (χ1n) is 2.74. The molecule has 1 heterocycles. The monoisotopic (exact) mass is 191 g/mol. The Bertz CT molecular complexity index is 212. The maximum absolute atomic E-state index is 10.9. The van der Waals surface area contributed by atoms with E-state index in [1.807, 2.05) is 0 Å². The van der Waals surface area contributed by atoms with Gasteiger partial charge in [0.05, 0.1) is 12.9 Å². The molecule has 0 aromatic heterocycles. The summed E-state index contributed by atoms with van der Waals surface area (Å²) in [7, 11) is 1.21. The summed E-state index contributed by atoms with van der Waals surface area (Å²) in [6, 6.07) is 0. The zero-order chi connectivity index (χ0) is 8.43. The smallest absolute Gasteiger partial charge is 0.422 e. The molecule has 1 rings (SSSR count). The molecular weight excluding hydrogens is 186 g/mol. The van der Waals surface area contributed by atoms with Gasteiger partial charge in [-0.05, 0) is 0 Å². The highest BCUT2D eigenvalue weighted by Crippen LogP contribution is 2.19. The van der Waals surface area contributed by atoms with Gasteiger partial charge in [-0.25, -0.2) is 4.79 Å². The highest BCUT2D eigenvalue weighted by atomic mass is 32.2. The number of hydrogen-bond acceptors (Lipinski definition) is 5. The van der Waals surface area contributed by atoms with Crippen LogP contribution in [0.3, 0.4) is 0 Å². The van der Waals surface area contributed by atoms with Crippen LogP contribution in [0.4, 0.5) is 4.79 Å². The summed E-state index contributed by atoms with van der Waals surface area (Å²) in [6.07, 6.45) is -0.704. The first-order valence-corrected chi connectivity index (χ1v) is 4.14. The normalized spacial score (nSPS) is 17.4. The summed E-state index contributed by atoms with van der Waals surface area (Å²) in [5.74, 6) is -0.0830. The van der Waals surface area contributed by atoms with Crippen LogP contribution in [-0.2, 0) is 9.53 Å². The predicted molar refractivity (Wildman–Crippen MR) is 44.3 cm³/mol. The largest absolute Gasteiger partial charge is 0.452 e. The predicted octanol–water partition coefficient (Wildman–Crippen LogP) is 0.613. The Morgan fingerprint density at radius 2 is 2.45 bits per heavy atom. The van der Waals surface area contributed by atoms with Gasteiger partial charge in [0.15, 0.2) is 4.32 Å². The summed E-state index contributed by atoms with van der Waals surface area (Å²) < 4.78 is 4.61. The molecule has 1 aliphatic rings. The quantitative estimate of drug-likeness (QED) is 0.525. The van der Waals surface area contributed by atoms with Gasteiger partial charge in [0.2, 0.25) is 5.91 Å². The standard InChI is InChI=1S/C5H5NO3S2/c1-9-4(8)6-3(7)2-11-5(6)10/h2H2,1H3. The summed E-state index contributed by atoms with van der Waals surface area (Å²) >= 11 is 5.89. The van der Waals surface area contributed by atoms with E-state index in [1.165, 1.54) is 7.11 Å². The zero-order valence-electron chi connectivity index (χ0n) is 5.70. The van der Waals surface area contributed by atoms with Crippen LogP contribution in [0.25, 0.3) is 0 Å². The average Bonchev–Trinajstić information content (AvgIpc) is 2.30. The molecule has 11 heavy (non-hydrogen) atoms. The maximum Gasteiger partial charge on any atom is 0.422 e. The molecule has 0 aromatic rings. The summed E-state index contributed by atoms with van der Waals surface area (Å²) in [5.41, 5.74) is 0. The van der Waals surface area contributed by atoms with Crippen molar-refractivity contribution in [3.63, 3.8) is 0 Å².